The number of nitrogens with zero attached hydrogens (tertiary/aromatic N) is 1. The second kappa shape index (κ2) is 5.38. The van der Waals surface area contributed by atoms with E-state index < -0.39 is 21.6 Å². The summed E-state index contributed by atoms with van der Waals surface area (Å²) >= 11 is 0. The van der Waals surface area contributed by atoms with Gasteiger partial charge in [0.25, 0.3) is 5.91 Å². The molecule has 0 bridgehead atoms. The summed E-state index contributed by atoms with van der Waals surface area (Å²) in [5, 5.41) is 2.42. The Morgan fingerprint density at radius 2 is 2.00 bits per heavy atom. The lowest BCUT2D eigenvalue weighted by Crippen LogP contribution is -2.12. The normalized spacial score (nSPS) is 11.1. The molecule has 2 rings (SSSR count). The number of aromatic nitrogens is 1. The molecule has 5 nitrogen and oxygen atoms in total. The van der Waals surface area contributed by atoms with E-state index in [1.165, 1.54) is 36.5 Å². The fourth-order valence-corrected chi connectivity index (χ4v) is 2.07. The van der Waals surface area contributed by atoms with Crippen molar-refractivity contribution in [2.45, 2.75) is 5.03 Å². The van der Waals surface area contributed by atoms with Crippen molar-refractivity contribution >= 4 is 21.4 Å². The number of carbonyl (C=O) groups is 1. The van der Waals surface area contributed by atoms with Gasteiger partial charge in [-0.05, 0) is 30.3 Å². The van der Waals surface area contributed by atoms with Gasteiger partial charge in [-0.15, -0.1) is 0 Å². The van der Waals surface area contributed by atoms with Crippen LogP contribution in [0.15, 0.2) is 47.6 Å². The van der Waals surface area contributed by atoms with Crippen molar-refractivity contribution in [2.24, 2.45) is 0 Å². The average molecular weight is 294 g/mol. The number of nitrogens with one attached hydrogen (secondary N) is 1. The van der Waals surface area contributed by atoms with Gasteiger partial charge in [0.2, 0.25) is 0 Å². The van der Waals surface area contributed by atoms with Crippen molar-refractivity contribution in [3.63, 3.8) is 0 Å². The van der Waals surface area contributed by atoms with Crippen molar-refractivity contribution in [3.05, 3.63) is 54.0 Å². The van der Waals surface area contributed by atoms with Gasteiger partial charge in [0.1, 0.15) is 5.82 Å². The lowest BCUT2D eigenvalue weighted by atomic mass is 10.2. The Hall–Kier alpha value is -2.28. The Bertz CT molecular complexity index is 742. The highest BCUT2D eigenvalue weighted by molar-refractivity contribution is 7.90. The van der Waals surface area contributed by atoms with E-state index in [0.29, 0.717) is 5.69 Å². The summed E-state index contributed by atoms with van der Waals surface area (Å²) in [4.78, 5) is 15.6. The van der Waals surface area contributed by atoms with E-state index >= 15 is 0 Å². The van der Waals surface area contributed by atoms with Crippen molar-refractivity contribution in [1.29, 1.82) is 0 Å². The number of halogens is 1. The lowest BCUT2D eigenvalue weighted by Gasteiger charge is -2.05. The minimum Gasteiger partial charge on any atom is -0.321 e. The molecule has 0 aliphatic rings. The summed E-state index contributed by atoms with van der Waals surface area (Å²) in [5.74, 6) is -1.01. The Balaban J connectivity index is 2.16. The highest BCUT2D eigenvalue weighted by Gasteiger charge is 2.10. The highest BCUT2D eigenvalue weighted by Crippen LogP contribution is 2.12. The molecule has 0 saturated carbocycles. The average Bonchev–Trinajstić information content (AvgIpc) is 2.38. The Morgan fingerprint density at radius 3 is 2.55 bits per heavy atom. The molecule has 104 valence electrons. The third-order valence-electron chi connectivity index (χ3n) is 2.46. The summed E-state index contributed by atoms with van der Waals surface area (Å²) in [5.41, 5.74) is 0.490. The van der Waals surface area contributed by atoms with E-state index in [4.69, 9.17) is 0 Å². The van der Waals surface area contributed by atoms with Crippen molar-refractivity contribution in [3.8, 4) is 0 Å². The van der Waals surface area contributed by atoms with Crippen LogP contribution in [-0.2, 0) is 9.84 Å². The first kappa shape index (κ1) is 14.1. The predicted molar refractivity (Wildman–Crippen MR) is 71.7 cm³/mol. The van der Waals surface area contributed by atoms with E-state index in [1.54, 1.807) is 0 Å². The molecule has 0 aliphatic carbocycles. The number of anilines is 1. The topological polar surface area (TPSA) is 76.1 Å². The molecule has 0 atom stereocenters. The van der Waals surface area contributed by atoms with Crippen molar-refractivity contribution < 1.29 is 17.6 Å². The van der Waals surface area contributed by atoms with Gasteiger partial charge in [0.15, 0.2) is 14.9 Å². The van der Waals surface area contributed by atoms with Gasteiger partial charge in [0.05, 0.1) is 11.9 Å². The van der Waals surface area contributed by atoms with E-state index in [9.17, 15) is 17.6 Å². The molecule has 20 heavy (non-hydrogen) atoms. The molecule has 0 radical (unpaired) electrons. The third kappa shape index (κ3) is 3.39. The minimum absolute atomic E-state index is 0.0822. The quantitative estimate of drug-likeness (QED) is 0.937. The predicted octanol–water partition coefficient (Wildman–Crippen LogP) is 1.88. The van der Waals surface area contributed by atoms with Gasteiger partial charge in [-0.3, -0.25) is 4.79 Å². The SMILES string of the molecule is CS(=O)(=O)c1ccc(NC(=O)c2cccc(F)c2)cn1. The third-order valence-corrected chi connectivity index (χ3v) is 3.46. The van der Waals surface area contributed by atoms with Crippen LogP contribution in [0.4, 0.5) is 10.1 Å². The van der Waals surface area contributed by atoms with Gasteiger partial charge >= 0.3 is 0 Å². The maximum Gasteiger partial charge on any atom is 0.255 e. The van der Waals surface area contributed by atoms with E-state index in [2.05, 4.69) is 10.3 Å². The molecular weight excluding hydrogens is 283 g/mol. The standard InChI is InChI=1S/C13H11FN2O3S/c1-20(18,19)12-6-5-11(8-15-12)16-13(17)9-3-2-4-10(14)7-9/h2-8H,1H3,(H,16,17). The fraction of sp³-hybridized carbons (Fsp3) is 0.0769. The Kier molecular flexibility index (Phi) is 3.80. The zero-order valence-corrected chi connectivity index (χ0v) is 11.3. The molecule has 0 unspecified atom stereocenters. The first-order valence-electron chi connectivity index (χ1n) is 5.59. The summed E-state index contributed by atoms with van der Waals surface area (Å²) in [6.45, 7) is 0. The molecule has 0 aliphatic heterocycles. The van der Waals surface area contributed by atoms with Gasteiger partial charge < -0.3 is 5.32 Å². The molecule has 0 fully saturated rings. The molecule has 1 aromatic carbocycles. The largest absolute Gasteiger partial charge is 0.321 e. The second-order valence-corrected chi connectivity index (χ2v) is 6.08. The molecule has 0 spiro atoms. The number of amides is 1. The van der Waals surface area contributed by atoms with Crippen LogP contribution in [0.2, 0.25) is 0 Å². The monoisotopic (exact) mass is 294 g/mol. The van der Waals surface area contributed by atoms with Gasteiger partial charge in [-0.25, -0.2) is 17.8 Å². The number of benzene rings is 1. The van der Waals surface area contributed by atoms with Gasteiger partial charge in [-0.2, -0.15) is 0 Å². The van der Waals surface area contributed by atoms with Crippen LogP contribution in [0.3, 0.4) is 0 Å². The summed E-state index contributed by atoms with van der Waals surface area (Å²) in [7, 11) is -3.38. The first-order chi connectivity index (χ1) is 9.36. The molecular formula is C13H11FN2O3S. The number of hydrogen-bond acceptors (Lipinski definition) is 4. The van der Waals surface area contributed by atoms with Crippen LogP contribution in [0.1, 0.15) is 10.4 Å². The molecule has 1 heterocycles. The van der Waals surface area contributed by atoms with Crippen molar-refractivity contribution in [2.75, 3.05) is 11.6 Å². The first-order valence-corrected chi connectivity index (χ1v) is 7.48. The lowest BCUT2D eigenvalue weighted by molar-refractivity contribution is 0.102. The van der Waals surface area contributed by atoms with E-state index in [1.807, 2.05) is 0 Å². The maximum absolute atomic E-state index is 13.0. The fourth-order valence-electron chi connectivity index (χ4n) is 1.51. The number of sulfone groups is 1. The second-order valence-electron chi connectivity index (χ2n) is 4.12. The van der Waals surface area contributed by atoms with Gasteiger partial charge in [-0.1, -0.05) is 6.07 Å². The number of hydrogen-bond donors (Lipinski definition) is 1. The molecule has 0 saturated heterocycles. The molecule has 1 aromatic heterocycles. The van der Waals surface area contributed by atoms with Crippen LogP contribution in [0.25, 0.3) is 0 Å². The van der Waals surface area contributed by atoms with Crippen molar-refractivity contribution in [1.82, 2.24) is 4.98 Å². The minimum atomic E-state index is -3.38. The van der Waals surface area contributed by atoms with Crippen LogP contribution < -0.4 is 5.32 Å². The molecule has 7 heteroatoms. The van der Waals surface area contributed by atoms with Crippen LogP contribution in [0, 0.1) is 5.82 Å². The highest BCUT2D eigenvalue weighted by atomic mass is 32.2. The molecule has 1 amide bonds. The van der Waals surface area contributed by atoms with Gasteiger partial charge in [0, 0.05) is 11.8 Å². The van der Waals surface area contributed by atoms with Crippen LogP contribution >= 0.6 is 0 Å². The van der Waals surface area contributed by atoms with E-state index in [-0.39, 0.29) is 10.6 Å². The summed E-state index contributed by atoms with van der Waals surface area (Å²) < 4.78 is 35.5. The smallest absolute Gasteiger partial charge is 0.255 e. The molecule has 1 N–H and O–H groups in total. The number of pyridine rings is 1. The maximum atomic E-state index is 13.0. The molecule has 2 aromatic rings. The van der Waals surface area contributed by atoms with E-state index in [0.717, 1.165) is 12.3 Å². The zero-order valence-electron chi connectivity index (χ0n) is 10.5. The van der Waals surface area contributed by atoms with Crippen LogP contribution in [-0.4, -0.2) is 25.6 Å². The number of rotatable bonds is 3. The summed E-state index contributed by atoms with van der Waals surface area (Å²) in [6, 6.07) is 7.94. The Labute approximate surface area is 115 Å². The number of carbonyl (C=O) groups excluding carboxylic acids is 1. The Morgan fingerprint density at radius 1 is 1.25 bits per heavy atom. The summed E-state index contributed by atoms with van der Waals surface area (Å²) in [6.07, 6.45) is 2.27. The zero-order chi connectivity index (χ0) is 14.8. The van der Waals surface area contributed by atoms with Crippen LogP contribution in [0.5, 0.6) is 0 Å².